The number of carbonyl (C=O) groups excluding carboxylic acids is 4. The molecule has 1 aliphatic heterocycles. The number of phenolic OH excluding ortho intramolecular Hbond substituents is 2. The molecule has 20 heteroatoms. The Hall–Kier alpha value is -6.15. The number of ketones is 3. The third kappa shape index (κ3) is 7.07. The summed E-state index contributed by atoms with van der Waals surface area (Å²) in [4.78, 5) is 66.9. The molecule has 1 heterocycles. The van der Waals surface area contributed by atoms with Crippen LogP contribution in [0.15, 0.2) is 47.6 Å². The zero-order chi connectivity index (χ0) is 40.6. The fourth-order valence-electron chi connectivity index (χ4n) is 7.31. The highest BCUT2D eigenvalue weighted by atomic mass is 16.7. The van der Waals surface area contributed by atoms with Gasteiger partial charge < -0.3 is 49.8 Å². The van der Waals surface area contributed by atoms with E-state index >= 15 is 0 Å². The van der Waals surface area contributed by atoms with Crippen LogP contribution in [0.2, 0.25) is 0 Å². The van der Waals surface area contributed by atoms with E-state index < -0.39 is 113 Å². The number of aliphatic hydroxyl groups excluding tert-OH is 2. The maximum atomic E-state index is 13.9. The Kier molecular flexibility index (Phi) is 11.0. The fourth-order valence-corrected chi connectivity index (χ4v) is 7.31. The number of hydrogen-bond donors (Lipinski definition) is 6. The van der Waals surface area contributed by atoms with Crippen LogP contribution < -0.4 is 10.1 Å². The standard InChI is InChI=1S/C36H35N5O15/c1-15-30(44)20(39-35(49)56-23(13-38-40-37)16-6-8-17(9-7-16)41(51)52)10-25(54-15)55-22-12-36(50,24(43)14-42)11-19-27(22)34(48)29-28(32(19)46)31(45)18-4-3-5-21(53-2)26(18)33(29)47/h3-9,15,20,22-23,25,30,42,44,46,48,50H,10-14H2,1-2H3,(H,39,49)/t15-,20-,22+,23?,25-,30+,36+/m1/s1. The van der Waals surface area contributed by atoms with Crippen LogP contribution in [0.3, 0.4) is 0 Å². The van der Waals surface area contributed by atoms with Crippen LogP contribution >= 0.6 is 0 Å². The number of nitrogens with zero attached hydrogens (tertiary/aromatic N) is 4. The normalized spacial score (nSPS) is 24.4. The van der Waals surface area contributed by atoms with Gasteiger partial charge in [0.1, 0.15) is 41.7 Å². The van der Waals surface area contributed by atoms with Crippen LogP contribution in [0.25, 0.3) is 10.4 Å². The highest BCUT2D eigenvalue weighted by molar-refractivity contribution is 6.31. The largest absolute Gasteiger partial charge is 0.507 e. The minimum Gasteiger partial charge on any atom is -0.507 e. The number of nitro benzene ring substituents is 1. The van der Waals surface area contributed by atoms with E-state index in [4.69, 9.17) is 24.5 Å². The van der Waals surface area contributed by atoms with Crippen LogP contribution in [0.4, 0.5) is 10.5 Å². The lowest BCUT2D eigenvalue weighted by Crippen LogP contribution is -2.56. The number of ether oxygens (including phenoxy) is 4. The van der Waals surface area contributed by atoms with Crippen molar-refractivity contribution in [1.29, 1.82) is 0 Å². The molecule has 6 rings (SSSR count). The molecule has 3 aromatic carbocycles. The number of nitrogens with one attached hydrogen (secondary N) is 1. The van der Waals surface area contributed by atoms with Crippen molar-refractivity contribution in [3.8, 4) is 17.2 Å². The number of aromatic hydroxyl groups is 2. The van der Waals surface area contributed by atoms with Gasteiger partial charge in [0, 0.05) is 53.0 Å². The summed E-state index contributed by atoms with van der Waals surface area (Å²) in [5.41, 5.74) is 4.45. The van der Waals surface area contributed by atoms with Crippen molar-refractivity contribution < 1.29 is 68.6 Å². The van der Waals surface area contributed by atoms with Crippen molar-refractivity contribution in [3.63, 3.8) is 0 Å². The molecule has 3 aliphatic rings. The first-order valence-corrected chi connectivity index (χ1v) is 17.1. The highest BCUT2D eigenvalue weighted by Gasteiger charge is 2.50. The second kappa shape index (κ2) is 15.5. The van der Waals surface area contributed by atoms with Crippen LogP contribution in [0.5, 0.6) is 17.2 Å². The molecular formula is C36H35N5O15. The van der Waals surface area contributed by atoms with Gasteiger partial charge in [0.05, 0.1) is 53.5 Å². The smallest absolute Gasteiger partial charge is 0.408 e. The predicted octanol–water partition coefficient (Wildman–Crippen LogP) is 2.73. The van der Waals surface area contributed by atoms with Crippen molar-refractivity contribution in [2.24, 2.45) is 5.11 Å². The maximum Gasteiger partial charge on any atom is 0.408 e. The number of rotatable bonds is 11. The number of benzene rings is 3. The van der Waals surface area contributed by atoms with Crippen molar-refractivity contribution in [1.82, 2.24) is 5.32 Å². The minimum atomic E-state index is -2.41. The number of alkyl carbamates (subject to hydrolysis) is 1. The SMILES string of the molecule is COc1cccc2c1C(=O)c1c(O)c3c(c(O)c1C2=O)C[C@@](O)(C(=O)CO)C[C@@H]3O[C@@H]1C[C@@H](NC(=O)OC(CN=[N+]=[N-])c2ccc([N+](=O)[O-])cc2)[C@@H](O)[C@@H](C)O1. The molecule has 1 fully saturated rings. The average molecular weight is 778 g/mol. The average Bonchev–Trinajstić information content (AvgIpc) is 3.17. The summed E-state index contributed by atoms with van der Waals surface area (Å²) in [6.45, 7) is -0.0708. The first-order chi connectivity index (χ1) is 26.6. The van der Waals surface area contributed by atoms with Gasteiger partial charge in [-0.25, -0.2) is 4.79 Å². The lowest BCUT2D eigenvalue weighted by molar-refractivity contribution is -0.384. The monoisotopic (exact) mass is 777 g/mol. The molecule has 56 heavy (non-hydrogen) atoms. The summed E-state index contributed by atoms with van der Waals surface area (Å²) >= 11 is 0. The number of methoxy groups -OCH3 is 1. The number of non-ortho nitro benzene ring substituents is 1. The van der Waals surface area contributed by atoms with Crippen molar-refractivity contribution >= 4 is 29.1 Å². The Morgan fingerprint density at radius 1 is 1.12 bits per heavy atom. The number of phenols is 2. The van der Waals surface area contributed by atoms with Crippen molar-refractivity contribution in [2.45, 2.75) is 68.5 Å². The van der Waals surface area contributed by atoms with Gasteiger partial charge in [-0.3, -0.25) is 24.5 Å². The Morgan fingerprint density at radius 2 is 1.82 bits per heavy atom. The van der Waals surface area contributed by atoms with E-state index in [0.29, 0.717) is 0 Å². The Labute approximate surface area is 316 Å². The van der Waals surface area contributed by atoms with E-state index in [0.717, 1.165) is 0 Å². The van der Waals surface area contributed by atoms with Gasteiger partial charge in [0.15, 0.2) is 17.9 Å². The molecule has 1 amide bonds. The van der Waals surface area contributed by atoms with Gasteiger partial charge in [0.2, 0.25) is 5.78 Å². The Morgan fingerprint density at radius 3 is 2.46 bits per heavy atom. The molecule has 0 bridgehead atoms. The fraction of sp³-hybridized carbons (Fsp3) is 0.389. The maximum absolute atomic E-state index is 13.9. The lowest BCUT2D eigenvalue weighted by atomic mass is 9.72. The molecule has 20 nitrogen and oxygen atoms in total. The van der Waals surface area contributed by atoms with Crippen LogP contribution in [-0.2, 0) is 25.4 Å². The molecule has 2 aliphatic carbocycles. The first kappa shape index (κ1) is 39.5. The van der Waals surface area contributed by atoms with Gasteiger partial charge in [-0.05, 0) is 36.2 Å². The Balaban J connectivity index is 1.31. The molecule has 1 unspecified atom stereocenters. The van der Waals surface area contributed by atoms with E-state index in [-0.39, 0.29) is 52.2 Å². The predicted molar refractivity (Wildman–Crippen MR) is 187 cm³/mol. The topological polar surface area (TPSA) is 310 Å². The molecular weight excluding hydrogens is 742 g/mol. The number of Topliss-reactive ketones (excluding diaryl/α,β-unsaturated/α-hetero) is 1. The molecule has 0 spiro atoms. The van der Waals surface area contributed by atoms with Crippen LogP contribution in [-0.4, -0.2) is 104 Å². The Bertz CT molecular complexity index is 2170. The highest BCUT2D eigenvalue weighted by Crippen LogP contribution is 2.52. The van der Waals surface area contributed by atoms with E-state index in [1.165, 1.54) is 56.5 Å². The van der Waals surface area contributed by atoms with E-state index in [1.54, 1.807) is 0 Å². The quantitative estimate of drug-likeness (QED) is 0.0318. The van der Waals surface area contributed by atoms with Gasteiger partial charge in [0.25, 0.3) is 5.69 Å². The summed E-state index contributed by atoms with van der Waals surface area (Å²) in [5, 5.41) is 72.6. The zero-order valence-electron chi connectivity index (χ0n) is 29.6. The molecule has 6 N–H and O–H groups in total. The summed E-state index contributed by atoms with van der Waals surface area (Å²) in [7, 11) is 1.28. The number of azide groups is 1. The van der Waals surface area contributed by atoms with Gasteiger partial charge in [-0.1, -0.05) is 17.2 Å². The number of aliphatic hydroxyl groups is 3. The van der Waals surface area contributed by atoms with E-state index in [2.05, 4.69) is 15.3 Å². The van der Waals surface area contributed by atoms with Gasteiger partial charge in [-0.15, -0.1) is 0 Å². The summed E-state index contributed by atoms with van der Waals surface area (Å²) in [6, 6.07) is 8.02. The molecule has 0 saturated carbocycles. The molecule has 294 valence electrons. The van der Waals surface area contributed by atoms with E-state index in [9.17, 15) is 54.8 Å². The lowest BCUT2D eigenvalue weighted by Gasteiger charge is -2.42. The first-order valence-electron chi connectivity index (χ1n) is 17.1. The minimum absolute atomic E-state index is 0.0240. The van der Waals surface area contributed by atoms with Crippen LogP contribution in [0.1, 0.15) is 80.5 Å². The summed E-state index contributed by atoms with van der Waals surface area (Å²) < 4.78 is 22.8. The summed E-state index contributed by atoms with van der Waals surface area (Å²) in [6.07, 6.45) is -9.32. The molecule has 7 atom stereocenters. The van der Waals surface area contributed by atoms with Crippen molar-refractivity contribution in [2.75, 3.05) is 20.3 Å². The number of nitro groups is 1. The van der Waals surface area contributed by atoms with E-state index in [1.807, 2.05) is 0 Å². The second-order valence-electron chi connectivity index (χ2n) is 13.4. The molecule has 0 aromatic heterocycles. The zero-order valence-corrected chi connectivity index (χ0v) is 29.6. The van der Waals surface area contributed by atoms with Crippen molar-refractivity contribution in [3.05, 3.63) is 102 Å². The summed E-state index contributed by atoms with van der Waals surface area (Å²) in [5.74, 6) is -4.37. The van der Waals surface area contributed by atoms with Gasteiger partial charge >= 0.3 is 6.09 Å². The second-order valence-corrected chi connectivity index (χ2v) is 13.4. The number of carbonyl (C=O) groups is 4. The molecule has 0 radical (unpaired) electrons. The molecule has 3 aromatic rings. The molecule has 1 saturated heterocycles. The number of fused-ring (bicyclic) bond motifs is 3. The third-order valence-corrected chi connectivity index (χ3v) is 10.1. The number of hydrogen-bond acceptors (Lipinski definition) is 16. The van der Waals surface area contributed by atoms with Gasteiger partial charge in [-0.2, -0.15) is 0 Å². The van der Waals surface area contributed by atoms with Crippen LogP contribution in [0, 0.1) is 10.1 Å². The third-order valence-electron chi connectivity index (χ3n) is 10.1. The number of amides is 1.